The van der Waals surface area contributed by atoms with E-state index in [1.54, 1.807) is 34.9 Å². The highest BCUT2D eigenvalue weighted by molar-refractivity contribution is 8.02. The van der Waals surface area contributed by atoms with Crippen LogP contribution in [0.4, 0.5) is 5.82 Å². The summed E-state index contributed by atoms with van der Waals surface area (Å²) in [6.45, 7) is 2.88. The minimum absolute atomic E-state index is 0.684. The molecule has 2 aromatic heterocycles. The predicted molar refractivity (Wildman–Crippen MR) is 84.7 cm³/mol. The van der Waals surface area contributed by atoms with Gasteiger partial charge in [-0.3, -0.25) is 0 Å². The van der Waals surface area contributed by atoms with Gasteiger partial charge in [0, 0.05) is 12.3 Å². The zero-order chi connectivity index (χ0) is 13.7. The first kappa shape index (κ1) is 14.9. The normalized spacial score (nSPS) is 10.7. The van der Waals surface area contributed by atoms with Gasteiger partial charge in [-0.25, -0.2) is 4.98 Å². The number of halogens is 1. The molecular formula is C11H13ClN4S3. The molecule has 0 saturated carbocycles. The number of pyridine rings is 1. The Labute approximate surface area is 129 Å². The quantitative estimate of drug-likeness (QED) is 0.806. The first-order valence-electron chi connectivity index (χ1n) is 5.62. The molecule has 0 bridgehead atoms. The summed E-state index contributed by atoms with van der Waals surface area (Å²) < 4.78 is 1.92. The Hall–Kier alpha value is -0.500. The van der Waals surface area contributed by atoms with Crippen molar-refractivity contribution in [3.63, 3.8) is 0 Å². The third-order valence-corrected chi connectivity index (χ3v) is 5.56. The van der Waals surface area contributed by atoms with E-state index in [1.165, 1.54) is 0 Å². The summed E-state index contributed by atoms with van der Waals surface area (Å²) in [6, 6.07) is 3.76. The summed E-state index contributed by atoms with van der Waals surface area (Å²) in [4.78, 5) is 4.49. The van der Waals surface area contributed by atoms with Crippen molar-refractivity contribution in [2.75, 3.05) is 18.1 Å². The fourth-order valence-corrected chi connectivity index (χ4v) is 3.98. The lowest BCUT2D eigenvalue weighted by atomic mass is 10.3. The summed E-state index contributed by atoms with van der Waals surface area (Å²) in [5.41, 5.74) is 0.867. The molecule has 0 spiro atoms. The molecule has 0 unspecified atom stereocenters. The van der Waals surface area contributed by atoms with E-state index in [4.69, 9.17) is 11.6 Å². The minimum Gasteiger partial charge on any atom is -0.370 e. The van der Waals surface area contributed by atoms with Crippen LogP contribution >= 0.6 is 46.5 Å². The standard InChI is InChI=1S/C11H13ClN4S3/c1-3-13-9-5-4-7(12)8(14-9)6-18-11-16-15-10(17-2)19-11/h4-5H,3,6H2,1-2H3,(H,13,14). The van der Waals surface area contributed by atoms with E-state index >= 15 is 0 Å². The van der Waals surface area contributed by atoms with Crippen LogP contribution in [0.2, 0.25) is 5.02 Å². The molecule has 2 aromatic rings. The molecule has 0 aliphatic carbocycles. The maximum atomic E-state index is 6.15. The van der Waals surface area contributed by atoms with Gasteiger partial charge in [0.15, 0.2) is 8.68 Å². The van der Waals surface area contributed by atoms with E-state index < -0.39 is 0 Å². The van der Waals surface area contributed by atoms with Crippen LogP contribution in [0, 0.1) is 0 Å². The van der Waals surface area contributed by atoms with E-state index in [2.05, 4.69) is 20.5 Å². The number of hydrogen-bond donors (Lipinski definition) is 1. The van der Waals surface area contributed by atoms with E-state index in [-0.39, 0.29) is 0 Å². The number of anilines is 1. The van der Waals surface area contributed by atoms with E-state index in [0.717, 1.165) is 26.7 Å². The van der Waals surface area contributed by atoms with Crippen LogP contribution in [0.15, 0.2) is 20.8 Å². The summed E-state index contributed by atoms with van der Waals surface area (Å²) in [7, 11) is 0. The van der Waals surface area contributed by atoms with Crippen LogP contribution in [-0.4, -0.2) is 28.0 Å². The first-order valence-corrected chi connectivity index (χ1v) is 9.03. The van der Waals surface area contributed by atoms with Crippen molar-refractivity contribution in [3.05, 3.63) is 22.8 Å². The second-order valence-electron chi connectivity index (χ2n) is 3.48. The number of rotatable bonds is 6. The molecule has 2 heterocycles. The van der Waals surface area contributed by atoms with Crippen molar-refractivity contribution < 1.29 is 0 Å². The number of hydrogen-bond acceptors (Lipinski definition) is 7. The average molecular weight is 333 g/mol. The van der Waals surface area contributed by atoms with Gasteiger partial charge in [0.25, 0.3) is 0 Å². The molecule has 0 radical (unpaired) electrons. The van der Waals surface area contributed by atoms with Gasteiger partial charge < -0.3 is 5.32 Å². The molecular weight excluding hydrogens is 320 g/mol. The molecule has 19 heavy (non-hydrogen) atoms. The van der Waals surface area contributed by atoms with Crippen LogP contribution in [0.5, 0.6) is 0 Å². The molecule has 0 fully saturated rings. The molecule has 0 aromatic carbocycles. The molecule has 102 valence electrons. The highest BCUT2D eigenvalue weighted by Crippen LogP contribution is 2.31. The van der Waals surface area contributed by atoms with Crippen molar-refractivity contribution in [2.24, 2.45) is 0 Å². The Morgan fingerprint density at radius 3 is 2.79 bits per heavy atom. The zero-order valence-corrected chi connectivity index (χ0v) is 13.7. The fourth-order valence-electron chi connectivity index (χ4n) is 1.33. The highest BCUT2D eigenvalue weighted by Gasteiger charge is 2.08. The van der Waals surface area contributed by atoms with Crippen molar-refractivity contribution in [2.45, 2.75) is 21.4 Å². The zero-order valence-electron chi connectivity index (χ0n) is 10.5. The van der Waals surface area contributed by atoms with Gasteiger partial charge in [-0.05, 0) is 25.3 Å². The lowest BCUT2D eigenvalue weighted by Gasteiger charge is -2.06. The van der Waals surface area contributed by atoms with Crippen LogP contribution < -0.4 is 5.32 Å². The van der Waals surface area contributed by atoms with Gasteiger partial charge >= 0.3 is 0 Å². The third kappa shape index (κ3) is 4.24. The Morgan fingerprint density at radius 2 is 2.11 bits per heavy atom. The molecule has 0 aliphatic rings. The summed E-state index contributed by atoms with van der Waals surface area (Å²) >= 11 is 11.0. The number of aromatic nitrogens is 3. The van der Waals surface area contributed by atoms with Crippen LogP contribution in [0.3, 0.4) is 0 Å². The maximum Gasteiger partial charge on any atom is 0.175 e. The Balaban J connectivity index is 2.03. The van der Waals surface area contributed by atoms with Crippen molar-refractivity contribution in [1.29, 1.82) is 0 Å². The molecule has 0 atom stereocenters. The van der Waals surface area contributed by atoms with E-state index in [1.807, 2.05) is 25.3 Å². The topological polar surface area (TPSA) is 50.7 Å². The second-order valence-corrected chi connectivity index (χ2v) is 7.14. The van der Waals surface area contributed by atoms with Gasteiger partial charge in [-0.1, -0.05) is 46.5 Å². The largest absolute Gasteiger partial charge is 0.370 e. The number of nitrogens with one attached hydrogen (secondary N) is 1. The molecule has 0 aliphatic heterocycles. The monoisotopic (exact) mass is 332 g/mol. The van der Waals surface area contributed by atoms with Crippen LogP contribution in [0.1, 0.15) is 12.6 Å². The highest BCUT2D eigenvalue weighted by atomic mass is 35.5. The lowest BCUT2D eigenvalue weighted by Crippen LogP contribution is -2.01. The smallest absolute Gasteiger partial charge is 0.175 e. The Kier molecular flexibility index (Phi) is 5.75. The van der Waals surface area contributed by atoms with Gasteiger partial charge in [-0.2, -0.15) is 0 Å². The molecule has 0 amide bonds. The molecule has 1 N–H and O–H groups in total. The third-order valence-electron chi connectivity index (χ3n) is 2.17. The summed E-state index contributed by atoms with van der Waals surface area (Å²) in [5, 5.41) is 12.0. The van der Waals surface area contributed by atoms with Crippen molar-refractivity contribution in [3.8, 4) is 0 Å². The van der Waals surface area contributed by atoms with Gasteiger partial charge in [0.05, 0.1) is 10.7 Å². The molecule has 0 saturated heterocycles. The average Bonchev–Trinajstić information content (AvgIpc) is 2.88. The number of thioether (sulfide) groups is 2. The summed E-state index contributed by atoms with van der Waals surface area (Å²) in [5.74, 6) is 1.55. The van der Waals surface area contributed by atoms with Gasteiger partial charge in [0.1, 0.15) is 5.82 Å². The van der Waals surface area contributed by atoms with Crippen molar-refractivity contribution in [1.82, 2.24) is 15.2 Å². The van der Waals surface area contributed by atoms with Gasteiger partial charge in [0.2, 0.25) is 0 Å². The Bertz CT molecular complexity index is 546. The summed E-state index contributed by atoms with van der Waals surface area (Å²) in [6.07, 6.45) is 1.99. The van der Waals surface area contributed by atoms with E-state index in [9.17, 15) is 0 Å². The lowest BCUT2D eigenvalue weighted by molar-refractivity contribution is 0.955. The van der Waals surface area contributed by atoms with Crippen molar-refractivity contribution >= 4 is 52.3 Å². The maximum absolute atomic E-state index is 6.15. The molecule has 2 rings (SSSR count). The molecule has 4 nitrogen and oxygen atoms in total. The SMILES string of the molecule is CCNc1ccc(Cl)c(CSc2nnc(SC)s2)n1. The van der Waals surface area contributed by atoms with E-state index in [0.29, 0.717) is 10.8 Å². The predicted octanol–water partition coefficient (Wildman–Crippen LogP) is 4.03. The fraction of sp³-hybridized carbons (Fsp3) is 0.364. The second kappa shape index (κ2) is 7.33. The molecule has 8 heteroatoms. The Morgan fingerprint density at radius 1 is 1.32 bits per heavy atom. The van der Waals surface area contributed by atoms with Crippen LogP contribution in [0.25, 0.3) is 0 Å². The minimum atomic E-state index is 0.684. The van der Waals surface area contributed by atoms with Gasteiger partial charge in [-0.15, -0.1) is 10.2 Å². The first-order chi connectivity index (χ1) is 9.22. The number of nitrogens with zero attached hydrogens (tertiary/aromatic N) is 3. The van der Waals surface area contributed by atoms with Crippen LogP contribution in [-0.2, 0) is 5.75 Å².